The quantitative estimate of drug-likeness (QED) is 0.793. The molecule has 1 aromatic carbocycles. The molecule has 3 rings (SSSR count). The van der Waals surface area contributed by atoms with Crippen molar-refractivity contribution in [1.82, 2.24) is 4.90 Å². The molecule has 6 heteroatoms. The molecular formula is C23H31N3O2S. The first-order valence-corrected chi connectivity index (χ1v) is 11.0. The Morgan fingerprint density at radius 2 is 1.69 bits per heavy atom. The zero-order chi connectivity index (χ0) is 21.2. The van der Waals surface area contributed by atoms with E-state index in [1.807, 2.05) is 38.7 Å². The summed E-state index contributed by atoms with van der Waals surface area (Å²) in [6, 6.07) is 10.5. The fraction of sp³-hybridized carbons (Fsp3) is 0.478. The standard InChI is InChI=1S/C23H31N3O2S/c1-16-7-9-18(10-8-16)25-11-6-12-26(14-13-25)21(27)20-17(2)15-19(29-20)24-22(28)23(3,4)5/h7-10,15H,6,11-14H2,1-5H3,(H,24,28). The Morgan fingerprint density at radius 3 is 2.34 bits per heavy atom. The Kier molecular flexibility index (Phi) is 6.32. The molecule has 0 unspecified atom stereocenters. The summed E-state index contributed by atoms with van der Waals surface area (Å²) in [5.74, 6) is 0.0239. The molecule has 1 N–H and O–H groups in total. The summed E-state index contributed by atoms with van der Waals surface area (Å²) in [6.07, 6.45) is 0.942. The van der Waals surface area contributed by atoms with E-state index in [2.05, 4.69) is 41.4 Å². The van der Waals surface area contributed by atoms with Crippen LogP contribution in [0.3, 0.4) is 0 Å². The molecule has 29 heavy (non-hydrogen) atoms. The van der Waals surface area contributed by atoms with Crippen LogP contribution in [0.5, 0.6) is 0 Å². The predicted molar refractivity (Wildman–Crippen MR) is 121 cm³/mol. The van der Waals surface area contributed by atoms with E-state index in [1.54, 1.807) is 0 Å². The lowest BCUT2D eigenvalue weighted by Gasteiger charge is -2.23. The highest BCUT2D eigenvalue weighted by Gasteiger charge is 2.26. The van der Waals surface area contributed by atoms with E-state index in [-0.39, 0.29) is 11.8 Å². The average molecular weight is 414 g/mol. The van der Waals surface area contributed by atoms with Gasteiger partial charge in [0.05, 0.1) is 9.88 Å². The summed E-state index contributed by atoms with van der Waals surface area (Å²) in [5.41, 5.74) is 2.92. The van der Waals surface area contributed by atoms with Gasteiger partial charge in [-0.3, -0.25) is 9.59 Å². The van der Waals surface area contributed by atoms with Crippen molar-refractivity contribution in [2.24, 2.45) is 5.41 Å². The second kappa shape index (κ2) is 8.57. The minimum atomic E-state index is -0.466. The average Bonchev–Trinajstić information content (AvgIpc) is 2.87. The second-order valence-electron chi connectivity index (χ2n) is 8.80. The van der Waals surface area contributed by atoms with Crippen molar-refractivity contribution in [2.75, 3.05) is 36.4 Å². The number of hydrogen-bond donors (Lipinski definition) is 1. The van der Waals surface area contributed by atoms with Crippen molar-refractivity contribution in [3.05, 3.63) is 46.3 Å². The van der Waals surface area contributed by atoms with E-state index in [0.29, 0.717) is 6.54 Å². The molecule has 0 bridgehead atoms. The van der Waals surface area contributed by atoms with Crippen LogP contribution in [-0.2, 0) is 4.79 Å². The number of rotatable bonds is 3. The lowest BCUT2D eigenvalue weighted by atomic mass is 9.96. The number of carbonyl (C=O) groups excluding carboxylic acids is 2. The van der Waals surface area contributed by atoms with Crippen molar-refractivity contribution in [1.29, 1.82) is 0 Å². The topological polar surface area (TPSA) is 52.6 Å². The van der Waals surface area contributed by atoms with Crippen LogP contribution in [0.4, 0.5) is 10.7 Å². The smallest absolute Gasteiger partial charge is 0.264 e. The van der Waals surface area contributed by atoms with Crippen LogP contribution < -0.4 is 10.2 Å². The molecule has 0 aliphatic carbocycles. The van der Waals surface area contributed by atoms with Gasteiger partial charge in [-0.15, -0.1) is 11.3 Å². The van der Waals surface area contributed by atoms with Crippen LogP contribution in [0.2, 0.25) is 0 Å². The summed E-state index contributed by atoms with van der Waals surface area (Å²) in [5, 5.41) is 3.68. The summed E-state index contributed by atoms with van der Waals surface area (Å²) < 4.78 is 0. The fourth-order valence-electron chi connectivity index (χ4n) is 3.33. The zero-order valence-electron chi connectivity index (χ0n) is 18.0. The predicted octanol–water partition coefficient (Wildman–Crippen LogP) is 4.70. The van der Waals surface area contributed by atoms with Gasteiger partial charge >= 0.3 is 0 Å². The van der Waals surface area contributed by atoms with Crippen molar-refractivity contribution in [3.63, 3.8) is 0 Å². The van der Waals surface area contributed by atoms with E-state index in [9.17, 15) is 9.59 Å². The van der Waals surface area contributed by atoms with E-state index < -0.39 is 5.41 Å². The van der Waals surface area contributed by atoms with Crippen LogP contribution in [0.1, 0.15) is 48.0 Å². The number of carbonyl (C=O) groups is 2. The van der Waals surface area contributed by atoms with Gasteiger partial charge in [0.2, 0.25) is 5.91 Å². The molecule has 1 aliphatic heterocycles. The van der Waals surface area contributed by atoms with Crippen molar-refractivity contribution in [3.8, 4) is 0 Å². The molecule has 0 spiro atoms. The Morgan fingerprint density at radius 1 is 1.00 bits per heavy atom. The fourth-order valence-corrected chi connectivity index (χ4v) is 4.37. The zero-order valence-corrected chi connectivity index (χ0v) is 18.9. The van der Waals surface area contributed by atoms with Crippen LogP contribution in [0, 0.1) is 19.3 Å². The van der Waals surface area contributed by atoms with Gasteiger partial charge in [-0.05, 0) is 44.0 Å². The Balaban J connectivity index is 1.67. The van der Waals surface area contributed by atoms with Gasteiger partial charge in [0, 0.05) is 37.3 Å². The number of anilines is 2. The molecule has 2 heterocycles. The minimum absolute atomic E-state index is 0.0405. The maximum Gasteiger partial charge on any atom is 0.264 e. The summed E-state index contributed by atoms with van der Waals surface area (Å²) in [4.78, 5) is 30.4. The van der Waals surface area contributed by atoms with Gasteiger partial charge in [-0.1, -0.05) is 38.5 Å². The van der Waals surface area contributed by atoms with E-state index in [1.165, 1.54) is 22.6 Å². The first-order valence-electron chi connectivity index (χ1n) is 10.2. The lowest BCUT2D eigenvalue weighted by molar-refractivity contribution is -0.123. The highest BCUT2D eigenvalue weighted by atomic mass is 32.1. The van der Waals surface area contributed by atoms with Gasteiger partial charge in [-0.2, -0.15) is 0 Å². The van der Waals surface area contributed by atoms with Gasteiger partial charge in [-0.25, -0.2) is 0 Å². The Labute approximate surface area is 177 Å². The summed E-state index contributed by atoms with van der Waals surface area (Å²) in [7, 11) is 0. The monoisotopic (exact) mass is 413 g/mol. The molecule has 1 aliphatic rings. The lowest BCUT2D eigenvalue weighted by Crippen LogP contribution is -2.35. The van der Waals surface area contributed by atoms with Crippen LogP contribution in [0.15, 0.2) is 30.3 Å². The van der Waals surface area contributed by atoms with Crippen LogP contribution in [-0.4, -0.2) is 42.9 Å². The van der Waals surface area contributed by atoms with Gasteiger partial charge < -0.3 is 15.1 Å². The molecule has 5 nitrogen and oxygen atoms in total. The molecule has 0 atom stereocenters. The third kappa shape index (κ3) is 5.18. The SMILES string of the molecule is Cc1ccc(N2CCCN(C(=O)c3sc(NC(=O)C(C)(C)C)cc3C)CC2)cc1. The normalized spacial score (nSPS) is 15.2. The molecule has 2 aromatic rings. The summed E-state index contributed by atoms with van der Waals surface area (Å²) >= 11 is 1.37. The van der Waals surface area contributed by atoms with E-state index in [0.717, 1.165) is 41.5 Å². The number of hydrogen-bond acceptors (Lipinski definition) is 4. The highest BCUT2D eigenvalue weighted by Crippen LogP contribution is 2.30. The second-order valence-corrected chi connectivity index (χ2v) is 9.85. The molecule has 156 valence electrons. The number of aryl methyl sites for hydroxylation is 2. The highest BCUT2D eigenvalue weighted by molar-refractivity contribution is 7.18. The van der Waals surface area contributed by atoms with Gasteiger partial charge in [0.1, 0.15) is 0 Å². The third-order valence-electron chi connectivity index (χ3n) is 5.21. The molecule has 1 fully saturated rings. The molecule has 1 aromatic heterocycles. The largest absolute Gasteiger partial charge is 0.370 e. The Hall–Kier alpha value is -2.34. The van der Waals surface area contributed by atoms with E-state index >= 15 is 0 Å². The number of benzene rings is 1. The van der Waals surface area contributed by atoms with Crippen molar-refractivity contribution in [2.45, 2.75) is 41.0 Å². The minimum Gasteiger partial charge on any atom is -0.370 e. The van der Waals surface area contributed by atoms with Gasteiger partial charge in [0.15, 0.2) is 0 Å². The number of nitrogens with zero attached hydrogens (tertiary/aromatic N) is 2. The van der Waals surface area contributed by atoms with E-state index in [4.69, 9.17) is 0 Å². The maximum atomic E-state index is 13.2. The van der Waals surface area contributed by atoms with Crippen molar-refractivity contribution >= 4 is 33.8 Å². The van der Waals surface area contributed by atoms with Gasteiger partial charge in [0.25, 0.3) is 5.91 Å². The number of nitrogens with one attached hydrogen (secondary N) is 1. The van der Waals surface area contributed by atoms with Crippen LogP contribution in [0.25, 0.3) is 0 Å². The first-order chi connectivity index (χ1) is 13.6. The summed E-state index contributed by atoms with van der Waals surface area (Å²) in [6.45, 7) is 12.9. The number of amides is 2. The number of thiophene rings is 1. The molecule has 0 saturated carbocycles. The maximum absolute atomic E-state index is 13.2. The molecule has 2 amide bonds. The Bertz CT molecular complexity index is 881. The third-order valence-corrected chi connectivity index (χ3v) is 6.35. The molecular weight excluding hydrogens is 382 g/mol. The molecule has 0 radical (unpaired) electrons. The van der Waals surface area contributed by atoms with Crippen LogP contribution >= 0.6 is 11.3 Å². The first kappa shape index (κ1) is 21.4. The molecule has 1 saturated heterocycles. The van der Waals surface area contributed by atoms with Crippen molar-refractivity contribution < 1.29 is 9.59 Å².